The third-order valence-corrected chi connectivity index (χ3v) is 3.77. The van der Waals surface area contributed by atoms with Gasteiger partial charge in [-0.25, -0.2) is 0 Å². The molecule has 1 aliphatic rings. The van der Waals surface area contributed by atoms with Gasteiger partial charge in [-0.05, 0) is 30.5 Å². The number of nitrogens with one attached hydrogen (secondary N) is 1. The quantitative estimate of drug-likeness (QED) is 0.865. The van der Waals surface area contributed by atoms with E-state index in [1.807, 2.05) is 12.4 Å². The zero-order chi connectivity index (χ0) is 13.9. The van der Waals surface area contributed by atoms with Crippen LogP contribution in [-0.2, 0) is 0 Å². The molecule has 2 aromatic carbocycles. The predicted molar refractivity (Wildman–Crippen MR) is 84.6 cm³/mol. The number of aliphatic imine (C=N–C) groups is 1. The van der Waals surface area contributed by atoms with E-state index in [0.29, 0.717) is 0 Å². The first-order valence-corrected chi connectivity index (χ1v) is 6.87. The molecular formula is C18H18N2. The van der Waals surface area contributed by atoms with Gasteiger partial charge in [-0.1, -0.05) is 54.6 Å². The largest absolute Gasteiger partial charge is 0.346 e. The molecule has 100 valence electrons. The van der Waals surface area contributed by atoms with Crippen molar-refractivity contribution < 1.29 is 0 Å². The molecule has 20 heavy (non-hydrogen) atoms. The maximum atomic E-state index is 4.59. The molecule has 0 radical (unpaired) electrons. The van der Waals surface area contributed by atoms with Crippen LogP contribution in [0, 0.1) is 6.92 Å². The first kappa shape index (κ1) is 12.7. The fourth-order valence-corrected chi connectivity index (χ4v) is 2.65. The Balaban J connectivity index is 2.06. The van der Waals surface area contributed by atoms with Crippen LogP contribution in [0.15, 0.2) is 65.2 Å². The lowest BCUT2D eigenvalue weighted by Gasteiger charge is -2.24. The molecule has 0 aromatic heterocycles. The molecule has 0 fully saturated rings. The second-order valence-electron chi connectivity index (χ2n) is 5.11. The summed E-state index contributed by atoms with van der Waals surface area (Å²) in [6, 6.07) is 19.0. The lowest BCUT2D eigenvalue weighted by molar-refractivity contribution is 0.828. The van der Waals surface area contributed by atoms with Crippen LogP contribution >= 0.6 is 0 Å². The maximum Gasteiger partial charge on any atom is 0.0997 e. The van der Waals surface area contributed by atoms with Crippen LogP contribution in [0.2, 0.25) is 0 Å². The Morgan fingerprint density at radius 2 is 1.60 bits per heavy atom. The van der Waals surface area contributed by atoms with Gasteiger partial charge >= 0.3 is 0 Å². The van der Waals surface area contributed by atoms with Gasteiger partial charge < -0.3 is 5.32 Å². The van der Waals surface area contributed by atoms with Crippen LogP contribution in [0.3, 0.4) is 0 Å². The Labute approximate surface area is 119 Å². The molecule has 1 N–H and O–H groups in total. The number of nitrogens with zero attached hydrogens (tertiary/aromatic N) is 1. The standard InChI is InChI=1S/C18H18N2/c1-13-8-6-7-11-16(13)18-14(2)17(19-12-20-18)15-9-4-3-5-10-15/h3-12,17H,1-2H3,(H,19,20). The SMILES string of the molecule is CC1=C(c2ccccc2C)NC=NC1c1ccccc1. The summed E-state index contributed by atoms with van der Waals surface area (Å²) in [5.74, 6) is 0. The Bertz CT molecular complexity index is 669. The fraction of sp³-hybridized carbons (Fsp3) is 0.167. The molecule has 0 spiro atoms. The molecule has 2 nitrogen and oxygen atoms in total. The molecule has 0 bridgehead atoms. The van der Waals surface area contributed by atoms with Gasteiger partial charge in [-0.15, -0.1) is 0 Å². The summed E-state index contributed by atoms with van der Waals surface area (Å²) >= 11 is 0. The summed E-state index contributed by atoms with van der Waals surface area (Å²) < 4.78 is 0. The highest BCUT2D eigenvalue weighted by Gasteiger charge is 2.20. The molecule has 1 heterocycles. The van der Waals surface area contributed by atoms with Crippen LogP contribution in [0.1, 0.15) is 29.7 Å². The van der Waals surface area contributed by atoms with E-state index < -0.39 is 0 Å². The lowest BCUT2D eigenvalue weighted by atomic mass is 9.93. The van der Waals surface area contributed by atoms with E-state index in [4.69, 9.17) is 0 Å². The Kier molecular flexibility index (Phi) is 3.38. The van der Waals surface area contributed by atoms with Crippen molar-refractivity contribution in [2.75, 3.05) is 0 Å². The number of benzene rings is 2. The lowest BCUT2D eigenvalue weighted by Crippen LogP contribution is -2.20. The van der Waals surface area contributed by atoms with Crippen molar-refractivity contribution >= 4 is 12.0 Å². The normalized spacial score (nSPS) is 18.0. The van der Waals surface area contributed by atoms with E-state index in [9.17, 15) is 0 Å². The Hall–Kier alpha value is -2.35. The van der Waals surface area contributed by atoms with Gasteiger partial charge in [0.2, 0.25) is 0 Å². The monoisotopic (exact) mass is 262 g/mol. The van der Waals surface area contributed by atoms with Gasteiger partial charge in [0.05, 0.1) is 12.4 Å². The van der Waals surface area contributed by atoms with Crippen LogP contribution in [0.5, 0.6) is 0 Å². The third kappa shape index (κ3) is 2.25. The summed E-state index contributed by atoms with van der Waals surface area (Å²) in [4.78, 5) is 4.59. The molecule has 2 aromatic rings. The molecule has 1 aliphatic heterocycles. The van der Waals surface area contributed by atoms with Crippen molar-refractivity contribution in [3.05, 3.63) is 76.9 Å². The molecule has 0 saturated heterocycles. The van der Waals surface area contributed by atoms with E-state index in [1.54, 1.807) is 0 Å². The van der Waals surface area contributed by atoms with Crippen LogP contribution < -0.4 is 5.32 Å². The van der Waals surface area contributed by atoms with E-state index in [0.717, 1.165) is 0 Å². The first-order valence-electron chi connectivity index (χ1n) is 6.87. The van der Waals surface area contributed by atoms with Crippen molar-refractivity contribution in [1.29, 1.82) is 0 Å². The smallest absolute Gasteiger partial charge is 0.0997 e. The van der Waals surface area contributed by atoms with Crippen molar-refractivity contribution in [3.8, 4) is 0 Å². The minimum atomic E-state index is 0.104. The number of rotatable bonds is 2. The topological polar surface area (TPSA) is 24.4 Å². The zero-order valence-corrected chi connectivity index (χ0v) is 11.8. The Morgan fingerprint density at radius 1 is 0.900 bits per heavy atom. The summed E-state index contributed by atoms with van der Waals surface area (Å²) in [5.41, 5.74) is 6.18. The van der Waals surface area contributed by atoms with Crippen molar-refractivity contribution in [2.45, 2.75) is 19.9 Å². The maximum absolute atomic E-state index is 4.59. The van der Waals surface area contributed by atoms with E-state index in [2.05, 4.69) is 72.7 Å². The second kappa shape index (κ2) is 5.33. The van der Waals surface area contributed by atoms with Gasteiger partial charge in [-0.3, -0.25) is 4.99 Å². The summed E-state index contributed by atoms with van der Waals surface area (Å²) in [6.45, 7) is 4.30. The van der Waals surface area contributed by atoms with E-state index in [1.165, 1.54) is 28.0 Å². The second-order valence-corrected chi connectivity index (χ2v) is 5.11. The molecule has 2 heteroatoms. The van der Waals surface area contributed by atoms with E-state index >= 15 is 0 Å². The highest BCUT2D eigenvalue weighted by molar-refractivity contribution is 5.82. The Morgan fingerprint density at radius 3 is 2.35 bits per heavy atom. The fourth-order valence-electron chi connectivity index (χ4n) is 2.65. The molecule has 0 amide bonds. The molecule has 1 atom stereocenters. The summed E-state index contributed by atoms with van der Waals surface area (Å²) in [7, 11) is 0. The summed E-state index contributed by atoms with van der Waals surface area (Å²) in [5, 5.41) is 3.31. The highest BCUT2D eigenvalue weighted by atomic mass is 15.0. The van der Waals surface area contributed by atoms with Gasteiger partial charge in [0.1, 0.15) is 0 Å². The minimum absolute atomic E-state index is 0.104. The van der Waals surface area contributed by atoms with Gasteiger partial charge in [0.25, 0.3) is 0 Å². The number of hydrogen-bond acceptors (Lipinski definition) is 2. The molecule has 3 rings (SSSR count). The average molecular weight is 262 g/mol. The first-order chi connectivity index (χ1) is 9.77. The predicted octanol–water partition coefficient (Wildman–Crippen LogP) is 4.10. The summed E-state index contributed by atoms with van der Waals surface area (Å²) in [6.07, 6.45) is 1.81. The molecule has 0 aliphatic carbocycles. The molecule has 0 saturated carbocycles. The number of aryl methyl sites for hydroxylation is 1. The minimum Gasteiger partial charge on any atom is -0.346 e. The van der Waals surface area contributed by atoms with Gasteiger partial charge in [0, 0.05) is 11.3 Å². The van der Waals surface area contributed by atoms with Crippen LogP contribution in [-0.4, -0.2) is 6.34 Å². The van der Waals surface area contributed by atoms with E-state index in [-0.39, 0.29) is 6.04 Å². The van der Waals surface area contributed by atoms with Crippen molar-refractivity contribution in [3.63, 3.8) is 0 Å². The van der Waals surface area contributed by atoms with Gasteiger partial charge in [-0.2, -0.15) is 0 Å². The third-order valence-electron chi connectivity index (χ3n) is 3.77. The molecule has 1 unspecified atom stereocenters. The number of hydrogen-bond donors (Lipinski definition) is 1. The van der Waals surface area contributed by atoms with Crippen LogP contribution in [0.25, 0.3) is 5.70 Å². The average Bonchev–Trinajstić information content (AvgIpc) is 2.49. The van der Waals surface area contributed by atoms with Crippen LogP contribution in [0.4, 0.5) is 0 Å². The molecular weight excluding hydrogens is 244 g/mol. The van der Waals surface area contributed by atoms with Gasteiger partial charge in [0.15, 0.2) is 0 Å². The highest BCUT2D eigenvalue weighted by Crippen LogP contribution is 2.33. The van der Waals surface area contributed by atoms with Crippen molar-refractivity contribution in [2.24, 2.45) is 4.99 Å². The van der Waals surface area contributed by atoms with Crippen molar-refractivity contribution in [1.82, 2.24) is 5.32 Å². The zero-order valence-electron chi connectivity index (χ0n) is 11.8.